The van der Waals surface area contributed by atoms with Gasteiger partial charge in [-0.25, -0.2) is 0 Å². The van der Waals surface area contributed by atoms with Crippen molar-refractivity contribution in [2.45, 2.75) is 20.1 Å². The third-order valence-electron chi connectivity index (χ3n) is 3.97. The lowest BCUT2D eigenvalue weighted by Gasteiger charge is -2.20. The molecule has 0 bridgehead atoms. The van der Waals surface area contributed by atoms with E-state index >= 15 is 0 Å². The molecule has 6 heteroatoms. The Kier molecular flexibility index (Phi) is 7.46. The van der Waals surface area contributed by atoms with Gasteiger partial charge in [0.05, 0.1) is 25.1 Å². The molecule has 0 atom stereocenters. The molecule has 0 aliphatic rings. The summed E-state index contributed by atoms with van der Waals surface area (Å²) in [5, 5.41) is 0.456. The highest BCUT2D eigenvalue weighted by Crippen LogP contribution is 2.49. The van der Waals surface area contributed by atoms with Gasteiger partial charge in [0.2, 0.25) is 0 Å². The molecule has 3 aromatic carbocycles. The van der Waals surface area contributed by atoms with Gasteiger partial charge in [0.1, 0.15) is 5.75 Å². The van der Waals surface area contributed by atoms with Crippen LogP contribution in [0.3, 0.4) is 0 Å². The van der Waals surface area contributed by atoms with Gasteiger partial charge in [0, 0.05) is 4.47 Å². The van der Waals surface area contributed by atoms with Crippen molar-refractivity contribution in [1.82, 2.24) is 0 Å². The van der Waals surface area contributed by atoms with Crippen molar-refractivity contribution in [3.63, 3.8) is 0 Å². The van der Waals surface area contributed by atoms with E-state index in [1.165, 1.54) is 0 Å². The third kappa shape index (κ3) is 5.79. The number of ether oxygens (including phenoxy) is 1. The maximum Gasteiger partial charge on any atom is 0.362 e. The maximum atomic E-state index is 13.7. The monoisotopic (exact) mass is 460 g/mol. The molecule has 0 radical (unpaired) electrons. The Morgan fingerprint density at radius 3 is 1.86 bits per heavy atom. The number of rotatable bonds is 9. The molecule has 0 aliphatic carbocycles. The van der Waals surface area contributed by atoms with Crippen molar-refractivity contribution >= 4 is 28.8 Å². The summed E-state index contributed by atoms with van der Waals surface area (Å²) in [7, 11) is -3.59. The molecular formula is C22H22BrO4P. The van der Waals surface area contributed by atoms with Crippen molar-refractivity contribution in [2.24, 2.45) is 0 Å². The van der Waals surface area contributed by atoms with Crippen LogP contribution in [0.1, 0.15) is 18.1 Å². The Morgan fingerprint density at radius 1 is 0.821 bits per heavy atom. The molecular weight excluding hydrogens is 439 g/mol. The van der Waals surface area contributed by atoms with Crippen LogP contribution in [0, 0.1) is 0 Å². The Bertz CT molecular complexity index is 884. The predicted octanol–water partition coefficient (Wildman–Crippen LogP) is 6.10. The molecule has 0 aromatic heterocycles. The molecule has 0 unspecified atom stereocenters. The summed E-state index contributed by atoms with van der Waals surface area (Å²) in [4.78, 5) is 0. The van der Waals surface area contributed by atoms with Gasteiger partial charge in [-0.1, -0.05) is 76.6 Å². The van der Waals surface area contributed by atoms with Crippen LogP contribution in [-0.4, -0.2) is 6.61 Å². The molecule has 0 heterocycles. The first kappa shape index (κ1) is 20.8. The molecule has 146 valence electrons. The quantitative estimate of drug-likeness (QED) is 0.362. The number of hydrogen-bond donors (Lipinski definition) is 0. The van der Waals surface area contributed by atoms with Crippen molar-refractivity contribution in [2.75, 3.05) is 6.61 Å². The molecule has 28 heavy (non-hydrogen) atoms. The first-order valence-electron chi connectivity index (χ1n) is 9.00. The van der Waals surface area contributed by atoms with Crippen molar-refractivity contribution < 1.29 is 18.3 Å². The SMILES string of the molecule is CCOc1cc(Br)cc(P(=O)(OCc2ccccc2)OCc2ccccc2)c1. The van der Waals surface area contributed by atoms with E-state index in [1.54, 1.807) is 12.1 Å². The number of halogens is 1. The fourth-order valence-corrected chi connectivity index (χ4v) is 4.85. The van der Waals surface area contributed by atoms with E-state index in [2.05, 4.69) is 15.9 Å². The second-order valence-corrected chi connectivity index (χ2v) is 9.04. The first-order chi connectivity index (χ1) is 13.6. The van der Waals surface area contributed by atoms with Crippen molar-refractivity contribution in [3.05, 3.63) is 94.5 Å². The standard InChI is InChI=1S/C22H22BrO4P/c1-2-25-21-13-20(23)14-22(15-21)28(24,26-16-18-9-5-3-6-10-18)27-17-19-11-7-4-8-12-19/h3-15H,2,16-17H2,1H3. The molecule has 0 saturated carbocycles. The summed E-state index contributed by atoms with van der Waals surface area (Å²) < 4.78 is 31.8. The largest absolute Gasteiger partial charge is 0.494 e. The Morgan fingerprint density at radius 2 is 1.36 bits per heavy atom. The second kappa shape index (κ2) is 10.0. The summed E-state index contributed by atoms with van der Waals surface area (Å²) >= 11 is 3.46. The van der Waals surface area contributed by atoms with Crippen LogP contribution in [0.2, 0.25) is 0 Å². The number of hydrogen-bond acceptors (Lipinski definition) is 4. The van der Waals surface area contributed by atoms with Crippen molar-refractivity contribution in [1.29, 1.82) is 0 Å². The molecule has 0 N–H and O–H groups in total. The van der Waals surface area contributed by atoms with E-state index in [0.29, 0.717) is 17.7 Å². The zero-order valence-electron chi connectivity index (χ0n) is 15.6. The average Bonchev–Trinajstić information content (AvgIpc) is 2.72. The zero-order chi connectivity index (χ0) is 19.8. The minimum atomic E-state index is -3.59. The van der Waals surface area contributed by atoms with Gasteiger partial charge in [-0.05, 0) is 36.2 Å². The second-order valence-electron chi connectivity index (χ2n) is 6.09. The molecule has 0 spiro atoms. The lowest BCUT2D eigenvalue weighted by atomic mass is 10.2. The summed E-state index contributed by atoms with van der Waals surface area (Å²) in [5.41, 5.74) is 1.84. The van der Waals surface area contributed by atoms with Crippen LogP contribution in [0.4, 0.5) is 0 Å². The Labute approximate surface area is 174 Å². The highest BCUT2D eigenvalue weighted by molar-refractivity contribution is 9.10. The van der Waals surface area contributed by atoms with Crippen LogP contribution in [-0.2, 0) is 26.8 Å². The zero-order valence-corrected chi connectivity index (χ0v) is 18.1. The van der Waals surface area contributed by atoms with Gasteiger partial charge < -0.3 is 13.8 Å². The van der Waals surface area contributed by atoms with E-state index in [0.717, 1.165) is 15.6 Å². The normalized spacial score (nSPS) is 11.4. The fraction of sp³-hybridized carbons (Fsp3) is 0.182. The molecule has 3 aromatic rings. The fourth-order valence-electron chi connectivity index (χ4n) is 2.61. The van der Waals surface area contributed by atoms with Gasteiger partial charge in [-0.2, -0.15) is 0 Å². The minimum absolute atomic E-state index is 0.184. The van der Waals surface area contributed by atoms with Gasteiger partial charge in [0.25, 0.3) is 0 Å². The number of benzene rings is 3. The molecule has 0 aliphatic heterocycles. The summed E-state index contributed by atoms with van der Waals surface area (Å²) in [6, 6.07) is 24.5. The van der Waals surface area contributed by atoms with Crippen molar-refractivity contribution in [3.8, 4) is 5.75 Å². The molecule has 3 rings (SSSR count). The lowest BCUT2D eigenvalue weighted by molar-refractivity contribution is 0.200. The summed E-state index contributed by atoms with van der Waals surface area (Å²) in [5.74, 6) is 0.610. The topological polar surface area (TPSA) is 44.8 Å². The Hall–Kier alpha value is -1.91. The van der Waals surface area contributed by atoms with Crippen LogP contribution in [0.25, 0.3) is 0 Å². The molecule has 0 amide bonds. The smallest absolute Gasteiger partial charge is 0.362 e. The summed E-state index contributed by atoms with van der Waals surface area (Å²) in [6.45, 7) is 2.78. The van der Waals surface area contributed by atoms with Gasteiger partial charge in [0.15, 0.2) is 0 Å². The predicted molar refractivity (Wildman–Crippen MR) is 115 cm³/mol. The van der Waals surface area contributed by atoms with E-state index in [1.807, 2.05) is 73.7 Å². The van der Waals surface area contributed by atoms with Gasteiger partial charge in [-0.15, -0.1) is 0 Å². The first-order valence-corrected chi connectivity index (χ1v) is 11.3. The van der Waals surface area contributed by atoms with Crippen LogP contribution in [0.15, 0.2) is 83.3 Å². The third-order valence-corrected chi connectivity index (χ3v) is 6.26. The maximum absolute atomic E-state index is 13.7. The van der Waals surface area contributed by atoms with E-state index in [4.69, 9.17) is 13.8 Å². The highest BCUT2D eigenvalue weighted by atomic mass is 79.9. The molecule has 0 saturated heterocycles. The van der Waals surface area contributed by atoms with E-state index < -0.39 is 7.60 Å². The lowest BCUT2D eigenvalue weighted by Crippen LogP contribution is -2.12. The molecule has 0 fully saturated rings. The minimum Gasteiger partial charge on any atom is -0.494 e. The van der Waals surface area contributed by atoms with E-state index in [-0.39, 0.29) is 13.2 Å². The average molecular weight is 461 g/mol. The molecule has 4 nitrogen and oxygen atoms in total. The highest BCUT2D eigenvalue weighted by Gasteiger charge is 2.29. The van der Waals surface area contributed by atoms with Crippen LogP contribution < -0.4 is 10.0 Å². The Balaban J connectivity index is 1.87. The van der Waals surface area contributed by atoms with E-state index in [9.17, 15) is 4.57 Å². The van der Waals surface area contributed by atoms with Crippen LogP contribution in [0.5, 0.6) is 5.75 Å². The van der Waals surface area contributed by atoms with Gasteiger partial charge >= 0.3 is 7.60 Å². The summed E-state index contributed by atoms with van der Waals surface area (Å²) in [6.07, 6.45) is 0. The van der Waals surface area contributed by atoms with Crippen LogP contribution >= 0.6 is 23.5 Å². The van der Waals surface area contributed by atoms with Gasteiger partial charge in [-0.3, -0.25) is 4.57 Å².